The summed E-state index contributed by atoms with van der Waals surface area (Å²) in [7, 11) is 0. The van der Waals surface area contributed by atoms with Crippen LogP contribution in [0.4, 0.5) is 5.69 Å². The fraction of sp³-hybridized carbons (Fsp3) is 0.300. The standard InChI is InChI=1S/C20H19N3O3S/c1-13-15(5-4-7-17(13)23(25)26)20(24)22-11-9-14(10-12-22)19-21-16-6-2-3-8-18(16)27-19/h2-8,14H,9-12H2,1H3. The zero-order chi connectivity index (χ0) is 19.0. The van der Waals surface area contributed by atoms with Gasteiger partial charge in [-0.1, -0.05) is 18.2 Å². The average Bonchev–Trinajstić information content (AvgIpc) is 3.12. The summed E-state index contributed by atoms with van der Waals surface area (Å²) in [5.41, 5.74) is 1.87. The number of carbonyl (C=O) groups excluding carboxylic acids is 1. The van der Waals surface area contributed by atoms with E-state index in [0.29, 0.717) is 30.1 Å². The smallest absolute Gasteiger partial charge is 0.273 e. The summed E-state index contributed by atoms with van der Waals surface area (Å²) in [5, 5.41) is 12.3. The number of aromatic nitrogens is 1. The highest BCUT2D eigenvalue weighted by Crippen LogP contribution is 2.34. The van der Waals surface area contributed by atoms with Gasteiger partial charge in [0.15, 0.2) is 0 Å². The van der Waals surface area contributed by atoms with Crippen LogP contribution in [-0.4, -0.2) is 33.8 Å². The maximum atomic E-state index is 12.9. The van der Waals surface area contributed by atoms with Crippen LogP contribution < -0.4 is 0 Å². The molecule has 7 heteroatoms. The zero-order valence-corrected chi connectivity index (χ0v) is 15.7. The molecule has 1 saturated heterocycles. The third kappa shape index (κ3) is 3.30. The van der Waals surface area contributed by atoms with Crippen molar-refractivity contribution in [3.8, 4) is 0 Å². The Bertz CT molecular complexity index is 989. The van der Waals surface area contributed by atoms with Crippen molar-refractivity contribution in [3.63, 3.8) is 0 Å². The zero-order valence-electron chi connectivity index (χ0n) is 14.9. The first-order chi connectivity index (χ1) is 13.0. The molecule has 2 heterocycles. The molecule has 0 saturated carbocycles. The van der Waals surface area contributed by atoms with E-state index in [1.165, 1.54) is 10.8 Å². The molecule has 0 spiro atoms. The van der Waals surface area contributed by atoms with E-state index in [1.807, 2.05) is 18.2 Å². The fourth-order valence-corrected chi connectivity index (χ4v) is 4.75. The molecule has 138 valence electrons. The number of fused-ring (bicyclic) bond motifs is 1. The summed E-state index contributed by atoms with van der Waals surface area (Å²) in [6, 6.07) is 12.8. The second kappa shape index (κ2) is 7.08. The third-order valence-corrected chi connectivity index (χ3v) is 6.37. The first-order valence-corrected chi connectivity index (χ1v) is 9.75. The number of nitro benzene ring substituents is 1. The lowest BCUT2D eigenvalue weighted by atomic mass is 9.96. The molecule has 1 amide bonds. The lowest BCUT2D eigenvalue weighted by molar-refractivity contribution is -0.385. The van der Waals surface area contributed by atoms with E-state index in [4.69, 9.17) is 4.98 Å². The van der Waals surface area contributed by atoms with E-state index in [9.17, 15) is 14.9 Å². The van der Waals surface area contributed by atoms with Gasteiger partial charge in [-0.05, 0) is 38.0 Å². The number of piperidine rings is 1. The molecule has 6 nitrogen and oxygen atoms in total. The van der Waals surface area contributed by atoms with E-state index < -0.39 is 4.92 Å². The number of nitro groups is 1. The summed E-state index contributed by atoms with van der Waals surface area (Å²) < 4.78 is 1.19. The monoisotopic (exact) mass is 381 g/mol. The number of hydrogen-bond donors (Lipinski definition) is 0. The van der Waals surface area contributed by atoms with Gasteiger partial charge in [0, 0.05) is 36.2 Å². The van der Waals surface area contributed by atoms with Gasteiger partial charge in [-0.2, -0.15) is 0 Å². The predicted molar refractivity (Wildman–Crippen MR) is 105 cm³/mol. The molecule has 1 fully saturated rings. The van der Waals surface area contributed by atoms with Crippen molar-refractivity contribution < 1.29 is 9.72 Å². The number of nitrogens with zero attached hydrogens (tertiary/aromatic N) is 3. The van der Waals surface area contributed by atoms with Crippen molar-refractivity contribution in [1.29, 1.82) is 0 Å². The molecule has 0 atom stereocenters. The largest absolute Gasteiger partial charge is 0.339 e. The van der Waals surface area contributed by atoms with Gasteiger partial charge in [0.25, 0.3) is 11.6 Å². The number of likely N-dealkylation sites (tertiary alicyclic amines) is 1. The predicted octanol–water partition coefficient (Wildman–Crippen LogP) is 4.53. The number of thiazole rings is 1. The summed E-state index contributed by atoms with van der Waals surface area (Å²) >= 11 is 1.73. The first kappa shape index (κ1) is 17.6. The van der Waals surface area contributed by atoms with Crippen molar-refractivity contribution in [1.82, 2.24) is 9.88 Å². The van der Waals surface area contributed by atoms with Crippen LogP contribution in [0.15, 0.2) is 42.5 Å². The van der Waals surface area contributed by atoms with Gasteiger partial charge in [0.05, 0.1) is 20.1 Å². The lowest BCUT2D eigenvalue weighted by Crippen LogP contribution is -2.38. The maximum Gasteiger partial charge on any atom is 0.273 e. The van der Waals surface area contributed by atoms with Crippen molar-refractivity contribution in [2.75, 3.05) is 13.1 Å². The van der Waals surface area contributed by atoms with Gasteiger partial charge >= 0.3 is 0 Å². The molecule has 0 bridgehead atoms. The van der Waals surface area contributed by atoms with Crippen molar-refractivity contribution in [2.45, 2.75) is 25.7 Å². The van der Waals surface area contributed by atoms with Gasteiger partial charge in [-0.3, -0.25) is 14.9 Å². The van der Waals surface area contributed by atoms with Crippen LogP contribution in [0.25, 0.3) is 10.2 Å². The van der Waals surface area contributed by atoms with Crippen LogP contribution >= 0.6 is 11.3 Å². The van der Waals surface area contributed by atoms with Crippen LogP contribution in [-0.2, 0) is 0 Å². The highest BCUT2D eigenvalue weighted by Gasteiger charge is 2.28. The molecule has 0 N–H and O–H groups in total. The molecule has 1 aromatic heterocycles. The molecule has 2 aromatic carbocycles. The number of rotatable bonds is 3. The molecule has 4 rings (SSSR count). The van der Waals surface area contributed by atoms with Crippen molar-refractivity contribution in [3.05, 3.63) is 68.7 Å². The number of amides is 1. The van der Waals surface area contributed by atoms with E-state index >= 15 is 0 Å². The second-order valence-corrected chi connectivity index (χ2v) is 7.86. The molecule has 1 aliphatic heterocycles. The van der Waals surface area contributed by atoms with E-state index in [1.54, 1.807) is 35.3 Å². The van der Waals surface area contributed by atoms with Gasteiger partial charge in [-0.15, -0.1) is 11.3 Å². The van der Waals surface area contributed by atoms with Crippen molar-refractivity contribution >= 4 is 33.1 Å². The van der Waals surface area contributed by atoms with E-state index in [-0.39, 0.29) is 11.6 Å². The SMILES string of the molecule is Cc1c(C(=O)N2CCC(c3nc4ccccc4s3)CC2)cccc1[N+](=O)[O-]. The topological polar surface area (TPSA) is 76.3 Å². The summed E-state index contributed by atoms with van der Waals surface area (Å²) in [6.07, 6.45) is 1.72. The van der Waals surface area contributed by atoms with Gasteiger partial charge in [-0.25, -0.2) is 4.98 Å². The maximum absolute atomic E-state index is 12.9. The Morgan fingerprint density at radius 1 is 1.19 bits per heavy atom. The molecular formula is C20H19N3O3S. The van der Waals surface area contributed by atoms with Gasteiger partial charge < -0.3 is 4.90 Å². The Hall–Kier alpha value is -2.80. The number of hydrogen-bond acceptors (Lipinski definition) is 5. The summed E-state index contributed by atoms with van der Waals surface area (Å²) in [6.45, 7) is 2.92. The van der Waals surface area contributed by atoms with E-state index in [0.717, 1.165) is 23.4 Å². The van der Waals surface area contributed by atoms with Crippen LogP contribution in [0.5, 0.6) is 0 Å². The molecule has 27 heavy (non-hydrogen) atoms. The summed E-state index contributed by atoms with van der Waals surface area (Å²) in [5.74, 6) is 0.233. The molecule has 3 aromatic rings. The van der Waals surface area contributed by atoms with Crippen molar-refractivity contribution in [2.24, 2.45) is 0 Å². The van der Waals surface area contributed by atoms with Crippen LogP contribution in [0.3, 0.4) is 0 Å². The molecule has 1 aliphatic rings. The fourth-order valence-electron chi connectivity index (χ4n) is 3.62. The normalized spacial score (nSPS) is 15.2. The van der Waals surface area contributed by atoms with Gasteiger partial charge in [0.2, 0.25) is 0 Å². The average molecular weight is 381 g/mol. The number of carbonyl (C=O) groups is 1. The quantitative estimate of drug-likeness (QED) is 0.493. The third-order valence-electron chi connectivity index (χ3n) is 5.17. The molecule has 0 radical (unpaired) electrons. The minimum Gasteiger partial charge on any atom is -0.339 e. The Morgan fingerprint density at radius 3 is 2.63 bits per heavy atom. The Balaban J connectivity index is 1.48. The highest BCUT2D eigenvalue weighted by atomic mass is 32.1. The minimum absolute atomic E-state index is 0.00906. The van der Waals surface area contributed by atoms with Crippen LogP contribution in [0.1, 0.15) is 39.7 Å². The lowest BCUT2D eigenvalue weighted by Gasteiger charge is -2.31. The number of para-hydroxylation sites is 1. The summed E-state index contributed by atoms with van der Waals surface area (Å²) in [4.78, 5) is 30.1. The van der Waals surface area contributed by atoms with Crippen LogP contribution in [0.2, 0.25) is 0 Å². The van der Waals surface area contributed by atoms with E-state index in [2.05, 4.69) is 6.07 Å². The molecule has 0 aliphatic carbocycles. The Labute approximate surface area is 160 Å². The Kier molecular flexibility index (Phi) is 4.61. The van der Waals surface area contributed by atoms with Crippen LogP contribution in [0, 0.1) is 17.0 Å². The molecular weight excluding hydrogens is 362 g/mol. The number of benzene rings is 2. The molecule has 0 unspecified atom stereocenters. The Morgan fingerprint density at radius 2 is 1.93 bits per heavy atom. The van der Waals surface area contributed by atoms with Gasteiger partial charge in [0.1, 0.15) is 0 Å². The highest BCUT2D eigenvalue weighted by molar-refractivity contribution is 7.18. The second-order valence-electron chi connectivity index (χ2n) is 6.79. The minimum atomic E-state index is -0.439. The first-order valence-electron chi connectivity index (χ1n) is 8.93.